The largest absolute Gasteiger partial charge is 0.346 e. The van der Waals surface area contributed by atoms with Crippen LogP contribution in [0, 0.1) is 5.92 Å². The first kappa shape index (κ1) is 20.5. The van der Waals surface area contributed by atoms with Gasteiger partial charge in [-0.3, -0.25) is 9.89 Å². The second-order valence-corrected chi connectivity index (χ2v) is 7.13. The fourth-order valence-electron chi connectivity index (χ4n) is 3.63. The lowest BCUT2D eigenvalue weighted by Gasteiger charge is -2.29. The number of rotatable bonds is 6. The number of aromatic amines is 1. The second kappa shape index (κ2) is 9.74. The highest BCUT2D eigenvalue weighted by atomic mass is 35.5. The quantitative estimate of drug-likeness (QED) is 0.811. The van der Waals surface area contributed by atoms with Crippen molar-refractivity contribution in [2.24, 2.45) is 11.7 Å². The molecule has 1 aliphatic carbocycles. The normalized spacial score (nSPS) is 19.6. The zero-order valence-electron chi connectivity index (χ0n) is 15.4. The predicted molar refractivity (Wildman–Crippen MR) is 107 cm³/mol. The highest BCUT2D eigenvalue weighted by molar-refractivity contribution is 5.85. The summed E-state index contributed by atoms with van der Waals surface area (Å²) in [6.07, 6.45) is 5.76. The number of halogens is 1. The third-order valence-corrected chi connectivity index (χ3v) is 5.08. The minimum atomic E-state index is 0. The van der Waals surface area contributed by atoms with Gasteiger partial charge in [0.15, 0.2) is 0 Å². The molecule has 3 rings (SSSR count). The molecule has 2 atom stereocenters. The van der Waals surface area contributed by atoms with Crippen molar-refractivity contribution >= 4 is 18.3 Å². The summed E-state index contributed by atoms with van der Waals surface area (Å²) in [5.41, 5.74) is 9.20. The third kappa shape index (κ3) is 5.32. The Morgan fingerprint density at radius 1 is 1.31 bits per heavy atom. The number of hydrogen-bond acceptors (Lipinski definition) is 3. The molecule has 0 spiro atoms. The van der Waals surface area contributed by atoms with E-state index in [0.29, 0.717) is 0 Å². The molecule has 1 saturated carbocycles. The molecule has 2 aromatic rings. The van der Waals surface area contributed by atoms with E-state index in [-0.39, 0.29) is 30.3 Å². The number of nitrogens with zero attached hydrogens (tertiary/aromatic N) is 2. The van der Waals surface area contributed by atoms with Crippen molar-refractivity contribution in [3.63, 3.8) is 0 Å². The molecule has 0 saturated heterocycles. The molecular formula is C20H29ClN4O. The number of carbonyl (C=O) groups is 1. The zero-order valence-corrected chi connectivity index (χ0v) is 16.2. The number of amides is 1. The van der Waals surface area contributed by atoms with E-state index in [9.17, 15) is 4.79 Å². The summed E-state index contributed by atoms with van der Waals surface area (Å²) < 4.78 is 0. The minimum Gasteiger partial charge on any atom is -0.346 e. The summed E-state index contributed by atoms with van der Waals surface area (Å²) >= 11 is 0. The Morgan fingerprint density at radius 3 is 2.81 bits per heavy atom. The number of aromatic nitrogens is 2. The number of aryl methyl sites for hydroxylation is 1. The standard InChI is InChI=1S/C20H28N4O.ClH/c1-24(20(25)16-9-5-10-17(21)13-16)12-6-11-18-14-19(23-22-18)15-7-3-2-4-8-15;/h2-4,7-8,14,16-17H,5-6,9-13,21H2,1H3,(H,22,23);1H. The molecule has 1 aliphatic rings. The molecule has 1 fully saturated rings. The Kier molecular flexibility index (Phi) is 7.66. The van der Waals surface area contributed by atoms with E-state index in [1.807, 2.05) is 30.1 Å². The first-order valence-corrected chi connectivity index (χ1v) is 9.23. The van der Waals surface area contributed by atoms with E-state index in [1.54, 1.807) is 0 Å². The number of nitrogens with two attached hydrogens (primary N) is 1. The van der Waals surface area contributed by atoms with E-state index in [4.69, 9.17) is 5.73 Å². The molecule has 6 heteroatoms. The fourth-order valence-corrected chi connectivity index (χ4v) is 3.63. The van der Waals surface area contributed by atoms with Gasteiger partial charge in [0.25, 0.3) is 0 Å². The van der Waals surface area contributed by atoms with Crippen LogP contribution >= 0.6 is 12.4 Å². The van der Waals surface area contributed by atoms with Gasteiger partial charge in [0.1, 0.15) is 0 Å². The summed E-state index contributed by atoms with van der Waals surface area (Å²) in [6, 6.07) is 12.4. The third-order valence-electron chi connectivity index (χ3n) is 5.08. The summed E-state index contributed by atoms with van der Waals surface area (Å²) in [5, 5.41) is 7.49. The molecule has 0 bridgehead atoms. The van der Waals surface area contributed by atoms with Crippen LogP contribution in [0.5, 0.6) is 0 Å². The number of carbonyl (C=O) groups excluding carboxylic acids is 1. The van der Waals surface area contributed by atoms with Crippen LogP contribution in [0.4, 0.5) is 0 Å². The van der Waals surface area contributed by atoms with Gasteiger partial charge >= 0.3 is 0 Å². The van der Waals surface area contributed by atoms with E-state index < -0.39 is 0 Å². The van der Waals surface area contributed by atoms with Crippen LogP contribution in [0.2, 0.25) is 0 Å². The van der Waals surface area contributed by atoms with Crippen LogP contribution in [0.1, 0.15) is 37.8 Å². The van der Waals surface area contributed by atoms with Crippen molar-refractivity contribution < 1.29 is 4.79 Å². The lowest BCUT2D eigenvalue weighted by Crippen LogP contribution is -2.39. The molecule has 1 amide bonds. The van der Waals surface area contributed by atoms with Gasteiger partial charge < -0.3 is 10.6 Å². The van der Waals surface area contributed by atoms with Gasteiger partial charge in [-0.2, -0.15) is 5.10 Å². The number of hydrogen-bond donors (Lipinski definition) is 2. The molecule has 5 nitrogen and oxygen atoms in total. The Labute approximate surface area is 161 Å². The van der Waals surface area contributed by atoms with Crippen molar-refractivity contribution in [3.8, 4) is 11.3 Å². The Morgan fingerprint density at radius 2 is 2.08 bits per heavy atom. The topological polar surface area (TPSA) is 75.0 Å². The van der Waals surface area contributed by atoms with Gasteiger partial charge in [-0.05, 0) is 38.2 Å². The molecule has 1 aromatic carbocycles. The minimum absolute atomic E-state index is 0. The van der Waals surface area contributed by atoms with Gasteiger partial charge in [0.05, 0.1) is 5.69 Å². The van der Waals surface area contributed by atoms with Crippen LogP contribution in [0.3, 0.4) is 0 Å². The lowest BCUT2D eigenvalue weighted by molar-refractivity contribution is -0.135. The van der Waals surface area contributed by atoms with E-state index >= 15 is 0 Å². The predicted octanol–water partition coefficient (Wildman–Crippen LogP) is 3.41. The van der Waals surface area contributed by atoms with E-state index in [2.05, 4.69) is 28.4 Å². The molecule has 1 aromatic heterocycles. The first-order chi connectivity index (χ1) is 12.1. The van der Waals surface area contributed by atoms with Crippen LogP contribution in [0.15, 0.2) is 36.4 Å². The summed E-state index contributed by atoms with van der Waals surface area (Å²) in [7, 11) is 1.91. The van der Waals surface area contributed by atoms with E-state index in [0.717, 1.165) is 62.0 Å². The highest BCUT2D eigenvalue weighted by Crippen LogP contribution is 2.24. The van der Waals surface area contributed by atoms with Crippen LogP contribution in [0.25, 0.3) is 11.3 Å². The number of H-pyrrole nitrogens is 1. The molecule has 0 radical (unpaired) electrons. The maximum Gasteiger partial charge on any atom is 0.225 e. The molecule has 0 aliphatic heterocycles. The summed E-state index contributed by atoms with van der Waals surface area (Å²) in [6.45, 7) is 0.768. The lowest BCUT2D eigenvalue weighted by atomic mass is 9.85. The van der Waals surface area contributed by atoms with Crippen LogP contribution in [-0.2, 0) is 11.2 Å². The van der Waals surface area contributed by atoms with Crippen LogP contribution in [-0.4, -0.2) is 40.6 Å². The van der Waals surface area contributed by atoms with Gasteiger partial charge in [-0.15, -0.1) is 12.4 Å². The van der Waals surface area contributed by atoms with Gasteiger partial charge in [0, 0.05) is 36.8 Å². The fraction of sp³-hybridized carbons (Fsp3) is 0.500. The smallest absolute Gasteiger partial charge is 0.225 e. The Bertz CT molecular complexity index is 688. The Hall–Kier alpha value is -1.85. The van der Waals surface area contributed by atoms with E-state index in [1.165, 1.54) is 0 Å². The number of benzene rings is 1. The second-order valence-electron chi connectivity index (χ2n) is 7.13. The molecule has 142 valence electrons. The zero-order chi connectivity index (χ0) is 17.6. The highest BCUT2D eigenvalue weighted by Gasteiger charge is 2.27. The van der Waals surface area contributed by atoms with Crippen molar-refractivity contribution in [3.05, 3.63) is 42.1 Å². The summed E-state index contributed by atoms with van der Waals surface area (Å²) in [4.78, 5) is 14.4. The molecule has 1 heterocycles. The molecule has 2 unspecified atom stereocenters. The maximum atomic E-state index is 12.5. The molecular weight excluding hydrogens is 348 g/mol. The monoisotopic (exact) mass is 376 g/mol. The average Bonchev–Trinajstić information content (AvgIpc) is 3.10. The average molecular weight is 377 g/mol. The molecule has 3 N–H and O–H groups in total. The van der Waals surface area contributed by atoms with Crippen molar-refractivity contribution in [2.75, 3.05) is 13.6 Å². The first-order valence-electron chi connectivity index (χ1n) is 9.23. The Balaban J connectivity index is 0.00000243. The summed E-state index contributed by atoms with van der Waals surface area (Å²) in [5.74, 6) is 0.371. The number of nitrogens with one attached hydrogen (secondary N) is 1. The van der Waals surface area contributed by atoms with Crippen molar-refractivity contribution in [1.29, 1.82) is 0 Å². The van der Waals surface area contributed by atoms with Crippen LogP contribution < -0.4 is 5.73 Å². The van der Waals surface area contributed by atoms with Gasteiger partial charge in [0.2, 0.25) is 5.91 Å². The van der Waals surface area contributed by atoms with Crippen molar-refractivity contribution in [1.82, 2.24) is 15.1 Å². The molecule has 26 heavy (non-hydrogen) atoms. The maximum absolute atomic E-state index is 12.5. The SMILES string of the molecule is CN(CCCc1cc(-c2ccccc2)n[nH]1)C(=O)C1CCCC(N)C1.Cl. The van der Waals surface area contributed by atoms with Gasteiger partial charge in [-0.1, -0.05) is 36.8 Å². The van der Waals surface area contributed by atoms with Crippen molar-refractivity contribution in [2.45, 2.75) is 44.6 Å². The van der Waals surface area contributed by atoms with Gasteiger partial charge in [-0.25, -0.2) is 0 Å².